The van der Waals surface area contributed by atoms with Gasteiger partial charge in [-0.3, -0.25) is 9.59 Å². The Kier molecular flexibility index (Phi) is 7.37. The molecule has 0 aromatic heterocycles. The highest BCUT2D eigenvalue weighted by molar-refractivity contribution is 6.30. The van der Waals surface area contributed by atoms with E-state index in [1.165, 1.54) is 18.9 Å². The van der Waals surface area contributed by atoms with Gasteiger partial charge in [0.15, 0.2) is 0 Å². The van der Waals surface area contributed by atoms with Crippen LogP contribution in [-0.4, -0.2) is 38.0 Å². The highest BCUT2D eigenvalue weighted by Gasteiger charge is 2.13. The third kappa shape index (κ3) is 6.11. The monoisotopic (exact) mass is 388 g/mol. The molecular weight excluding hydrogens is 368 g/mol. The number of amides is 2. The zero-order valence-corrected chi connectivity index (χ0v) is 16.0. The predicted octanol–water partition coefficient (Wildman–Crippen LogP) is 2.84. The molecule has 0 aliphatic rings. The molecule has 2 aromatic carbocycles. The summed E-state index contributed by atoms with van der Waals surface area (Å²) in [4.78, 5) is 37.0. The molecule has 7 heteroatoms. The van der Waals surface area contributed by atoms with Crippen LogP contribution < -0.4 is 10.2 Å². The number of hydrogen-bond donors (Lipinski definition) is 1. The predicted molar refractivity (Wildman–Crippen MR) is 104 cm³/mol. The Morgan fingerprint density at radius 2 is 1.67 bits per heavy atom. The summed E-state index contributed by atoms with van der Waals surface area (Å²) < 4.78 is 4.66. The quantitative estimate of drug-likeness (QED) is 0.740. The lowest BCUT2D eigenvalue weighted by molar-refractivity contribution is -0.121. The number of hydrogen-bond acceptors (Lipinski definition) is 4. The number of nitrogens with zero attached hydrogens (tertiary/aromatic N) is 1. The van der Waals surface area contributed by atoms with Crippen LogP contribution in [0.1, 0.15) is 22.8 Å². The number of carbonyl (C=O) groups is 3. The van der Waals surface area contributed by atoms with Crippen molar-refractivity contribution in [1.82, 2.24) is 5.32 Å². The topological polar surface area (TPSA) is 75.7 Å². The van der Waals surface area contributed by atoms with Crippen molar-refractivity contribution >= 4 is 35.1 Å². The zero-order chi connectivity index (χ0) is 19.8. The summed E-state index contributed by atoms with van der Waals surface area (Å²) in [5.41, 5.74) is 1.90. The molecule has 0 aliphatic carbocycles. The Balaban J connectivity index is 1.90. The van der Waals surface area contributed by atoms with Gasteiger partial charge in [0, 0.05) is 30.7 Å². The van der Waals surface area contributed by atoms with Crippen LogP contribution >= 0.6 is 11.6 Å². The first-order valence-electron chi connectivity index (χ1n) is 8.38. The van der Waals surface area contributed by atoms with E-state index in [1.54, 1.807) is 48.5 Å². The molecule has 142 valence electrons. The van der Waals surface area contributed by atoms with Crippen LogP contribution in [0, 0.1) is 0 Å². The van der Waals surface area contributed by atoms with Gasteiger partial charge in [0.25, 0.3) is 0 Å². The van der Waals surface area contributed by atoms with Gasteiger partial charge in [0.1, 0.15) is 0 Å². The molecule has 0 heterocycles. The molecule has 2 amide bonds. The minimum atomic E-state index is -0.439. The molecule has 6 nitrogen and oxygen atoms in total. The number of halogens is 1. The van der Waals surface area contributed by atoms with Crippen LogP contribution in [0.3, 0.4) is 0 Å². The van der Waals surface area contributed by atoms with Gasteiger partial charge in [-0.1, -0.05) is 23.7 Å². The van der Waals surface area contributed by atoms with Crippen molar-refractivity contribution in [3.63, 3.8) is 0 Å². The largest absolute Gasteiger partial charge is 0.465 e. The number of nitrogens with one attached hydrogen (secondary N) is 1. The molecule has 27 heavy (non-hydrogen) atoms. The zero-order valence-electron chi connectivity index (χ0n) is 15.2. The van der Waals surface area contributed by atoms with Crippen LogP contribution in [-0.2, 0) is 20.7 Å². The van der Waals surface area contributed by atoms with Gasteiger partial charge in [-0.15, -0.1) is 0 Å². The van der Waals surface area contributed by atoms with Crippen LogP contribution in [0.4, 0.5) is 5.69 Å². The fourth-order valence-corrected chi connectivity index (χ4v) is 2.65. The van der Waals surface area contributed by atoms with Crippen LogP contribution in [0.5, 0.6) is 0 Å². The maximum Gasteiger partial charge on any atom is 0.337 e. The van der Waals surface area contributed by atoms with Gasteiger partial charge in [-0.05, 0) is 42.0 Å². The molecule has 0 radical (unpaired) electrons. The molecule has 0 saturated carbocycles. The fraction of sp³-hybridized carbons (Fsp3) is 0.250. The van der Waals surface area contributed by atoms with Crippen molar-refractivity contribution in [1.29, 1.82) is 0 Å². The smallest absolute Gasteiger partial charge is 0.337 e. The molecule has 0 bridgehead atoms. The molecule has 0 spiro atoms. The van der Waals surface area contributed by atoms with Gasteiger partial charge in [-0.2, -0.15) is 0 Å². The number of esters is 1. The van der Waals surface area contributed by atoms with E-state index in [-0.39, 0.29) is 18.2 Å². The Morgan fingerprint density at radius 3 is 2.22 bits per heavy atom. The Hall–Kier alpha value is -2.86. The molecule has 2 rings (SSSR count). The molecule has 0 fully saturated rings. The van der Waals surface area contributed by atoms with E-state index in [1.807, 2.05) is 0 Å². The van der Waals surface area contributed by atoms with Crippen molar-refractivity contribution in [3.8, 4) is 0 Å². The minimum absolute atomic E-state index is 0.137. The molecule has 0 saturated heterocycles. The van der Waals surface area contributed by atoms with E-state index in [4.69, 9.17) is 11.6 Å². The summed E-state index contributed by atoms with van der Waals surface area (Å²) >= 11 is 5.83. The van der Waals surface area contributed by atoms with Crippen LogP contribution in [0.2, 0.25) is 5.02 Å². The number of benzene rings is 2. The van der Waals surface area contributed by atoms with Gasteiger partial charge in [-0.25, -0.2) is 4.79 Å². The summed E-state index contributed by atoms with van der Waals surface area (Å²) in [6.07, 6.45) is 0.241. The molecule has 0 atom stereocenters. The first-order chi connectivity index (χ1) is 12.9. The number of rotatable bonds is 7. The third-order valence-electron chi connectivity index (χ3n) is 3.92. The number of methoxy groups -OCH3 is 1. The summed E-state index contributed by atoms with van der Waals surface area (Å²) in [6.45, 7) is 2.08. The van der Waals surface area contributed by atoms with Crippen molar-refractivity contribution in [2.45, 2.75) is 13.3 Å². The first kappa shape index (κ1) is 20.5. The Morgan fingerprint density at radius 1 is 1.04 bits per heavy atom. The van der Waals surface area contributed by atoms with Crippen molar-refractivity contribution in [2.75, 3.05) is 25.1 Å². The SMILES string of the molecule is COC(=O)c1ccc(N(CCNC(=O)Cc2ccc(Cl)cc2)C(C)=O)cc1. The summed E-state index contributed by atoms with van der Waals surface area (Å²) in [5, 5.41) is 3.42. The molecule has 0 aliphatic heterocycles. The summed E-state index contributed by atoms with van der Waals surface area (Å²) in [7, 11) is 1.31. The number of ether oxygens (including phenoxy) is 1. The van der Waals surface area contributed by atoms with Crippen molar-refractivity contribution in [3.05, 3.63) is 64.7 Å². The average Bonchev–Trinajstić information content (AvgIpc) is 2.66. The lowest BCUT2D eigenvalue weighted by Gasteiger charge is -2.21. The van der Waals surface area contributed by atoms with E-state index in [0.717, 1.165) is 5.56 Å². The van der Waals surface area contributed by atoms with E-state index >= 15 is 0 Å². The first-order valence-corrected chi connectivity index (χ1v) is 8.76. The van der Waals surface area contributed by atoms with Crippen molar-refractivity contribution < 1.29 is 19.1 Å². The van der Waals surface area contributed by atoms with Gasteiger partial charge in [0.05, 0.1) is 19.1 Å². The number of anilines is 1. The molecular formula is C20H21ClN2O4. The van der Waals surface area contributed by atoms with Crippen LogP contribution in [0.25, 0.3) is 0 Å². The highest BCUT2D eigenvalue weighted by Crippen LogP contribution is 2.16. The Bertz CT molecular complexity index is 804. The normalized spacial score (nSPS) is 10.2. The van der Waals surface area contributed by atoms with Crippen LogP contribution in [0.15, 0.2) is 48.5 Å². The lowest BCUT2D eigenvalue weighted by Crippen LogP contribution is -2.38. The minimum Gasteiger partial charge on any atom is -0.465 e. The fourth-order valence-electron chi connectivity index (χ4n) is 2.52. The van der Waals surface area contributed by atoms with Gasteiger partial charge < -0.3 is 15.0 Å². The standard InChI is InChI=1S/C20H21ClN2O4/c1-14(24)23(18-9-5-16(6-10-18)20(26)27-2)12-11-22-19(25)13-15-3-7-17(21)8-4-15/h3-10H,11-13H2,1-2H3,(H,22,25). The molecule has 0 unspecified atom stereocenters. The van der Waals surface area contributed by atoms with Gasteiger partial charge >= 0.3 is 5.97 Å². The lowest BCUT2D eigenvalue weighted by atomic mass is 10.1. The third-order valence-corrected chi connectivity index (χ3v) is 4.17. The number of carbonyl (C=O) groups excluding carboxylic acids is 3. The summed E-state index contributed by atoms with van der Waals surface area (Å²) in [6, 6.07) is 13.6. The second-order valence-electron chi connectivity index (χ2n) is 5.86. The summed E-state index contributed by atoms with van der Waals surface area (Å²) in [5.74, 6) is -0.736. The van der Waals surface area contributed by atoms with E-state index < -0.39 is 5.97 Å². The maximum absolute atomic E-state index is 12.0. The van der Waals surface area contributed by atoms with E-state index in [2.05, 4.69) is 10.1 Å². The van der Waals surface area contributed by atoms with Crippen molar-refractivity contribution in [2.24, 2.45) is 0 Å². The average molecular weight is 389 g/mol. The second-order valence-corrected chi connectivity index (χ2v) is 6.30. The Labute approximate surface area is 163 Å². The van der Waals surface area contributed by atoms with Gasteiger partial charge in [0.2, 0.25) is 11.8 Å². The molecule has 1 N–H and O–H groups in total. The maximum atomic E-state index is 12.0. The van der Waals surface area contributed by atoms with E-state index in [9.17, 15) is 14.4 Å². The second kappa shape index (κ2) is 9.73. The molecule has 2 aromatic rings. The highest BCUT2D eigenvalue weighted by atomic mass is 35.5. The van der Waals surface area contributed by atoms with E-state index in [0.29, 0.717) is 29.4 Å².